The van der Waals surface area contributed by atoms with Crippen molar-refractivity contribution in [3.63, 3.8) is 0 Å². The molecule has 0 unspecified atom stereocenters. The number of nitrogens with two attached hydrogens (primary N) is 1. The number of H-pyrrole nitrogens is 1. The van der Waals surface area contributed by atoms with Crippen LogP contribution in [0, 0.1) is 0 Å². The van der Waals surface area contributed by atoms with Gasteiger partial charge in [-0.1, -0.05) is 6.07 Å². The summed E-state index contributed by atoms with van der Waals surface area (Å²) in [5.41, 5.74) is 3.78. The molecule has 2 aromatic rings. The van der Waals surface area contributed by atoms with Gasteiger partial charge in [0.05, 0.1) is 11.3 Å². The Balaban J connectivity index is 2.77. The molecule has 0 saturated carbocycles. The second-order valence-electron chi connectivity index (χ2n) is 3.56. The van der Waals surface area contributed by atoms with Gasteiger partial charge in [-0.3, -0.25) is 9.89 Å². The topological polar surface area (TPSA) is 71.8 Å². The van der Waals surface area contributed by atoms with E-state index in [9.17, 15) is 18.0 Å². The van der Waals surface area contributed by atoms with Crippen molar-refractivity contribution in [2.45, 2.75) is 6.18 Å². The number of aromatic nitrogens is 2. The molecule has 0 saturated heterocycles. The predicted molar refractivity (Wildman–Crippen MR) is 57.5 cm³/mol. The van der Waals surface area contributed by atoms with Gasteiger partial charge in [-0.25, -0.2) is 0 Å². The van der Waals surface area contributed by atoms with Crippen LogP contribution in [0.2, 0.25) is 0 Å². The zero-order valence-corrected chi connectivity index (χ0v) is 8.95. The predicted octanol–water partition coefficient (Wildman–Crippen LogP) is 2.19. The molecule has 1 aromatic heterocycles. The van der Waals surface area contributed by atoms with Crippen molar-refractivity contribution in [3.8, 4) is 11.3 Å². The second-order valence-corrected chi connectivity index (χ2v) is 3.56. The Labute approximate surface area is 99.6 Å². The van der Waals surface area contributed by atoms with Gasteiger partial charge in [0.25, 0.3) is 0 Å². The molecule has 2 rings (SSSR count). The first-order valence-electron chi connectivity index (χ1n) is 4.91. The highest BCUT2D eigenvalue weighted by Crippen LogP contribution is 2.38. The van der Waals surface area contributed by atoms with Crippen molar-refractivity contribution in [2.24, 2.45) is 5.73 Å². The van der Waals surface area contributed by atoms with Gasteiger partial charge < -0.3 is 5.73 Å². The summed E-state index contributed by atoms with van der Waals surface area (Å²) in [6.45, 7) is 0. The monoisotopic (exact) mass is 255 g/mol. The Kier molecular flexibility index (Phi) is 2.82. The number of rotatable bonds is 2. The van der Waals surface area contributed by atoms with E-state index in [0.717, 1.165) is 12.1 Å². The van der Waals surface area contributed by atoms with Crippen LogP contribution in [0.15, 0.2) is 30.5 Å². The molecule has 94 valence electrons. The highest BCUT2D eigenvalue weighted by Gasteiger charge is 2.35. The molecule has 1 aromatic carbocycles. The first kappa shape index (κ1) is 12.2. The SMILES string of the molecule is NC(=O)c1cccc(C(F)(F)F)c1-c1ccn[nH]1. The number of hydrogen-bond donors (Lipinski definition) is 2. The fraction of sp³-hybridized carbons (Fsp3) is 0.0909. The summed E-state index contributed by atoms with van der Waals surface area (Å²) >= 11 is 0. The molecule has 4 nitrogen and oxygen atoms in total. The smallest absolute Gasteiger partial charge is 0.366 e. The number of benzene rings is 1. The molecule has 1 heterocycles. The van der Waals surface area contributed by atoms with Crippen molar-refractivity contribution in [1.82, 2.24) is 10.2 Å². The summed E-state index contributed by atoms with van der Waals surface area (Å²) in [6.07, 6.45) is -3.28. The summed E-state index contributed by atoms with van der Waals surface area (Å²) in [7, 11) is 0. The van der Waals surface area contributed by atoms with Crippen LogP contribution >= 0.6 is 0 Å². The average molecular weight is 255 g/mol. The number of amides is 1. The molecule has 3 N–H and O–H groups in total. The van der Waals surface area contributed by atoms with E-state index < -0.39 is 17.6 Å². The number of hydrogen-bond acceptors (Lipinski definition) is 2. The van der Waals surface area contributed by atoms with Gasteiger partial charge in [0.15, 0.2) is 0 Å². The zero-order valence-electron chi connectivity index (χ0n) is 8.95. The molecule has 0 aliphatic heterocycles. The summed E-state index contributed by atoms with van der Waals surface area (Å²) in [6, 6.07) is 4.62. The molecule has 7 heteroatoms. The van der Waals surface area contributed by atoms with Crippen molar-refractivity contribution in [2.75, 3.05) is 0 Å². The first-order chi connectivity index (χ1) is 8.41. The minimum Gasteiger partial charge on any atom is -0.366 e. The number of aromatic amines is 1. The molecular weight excluding hydrogens is 247 g/mol. The molecular formula is C11H8F3N3O. The second kappa shape index (κ2) is 4.17. The quantitative estimate of drug-likeness (QED) is 0.863. The van der Waals surface area contributed by atoms with E-state index in [2.05, 4.69) is 10.2 Å². The number of alkyl halides is 3. The third-order valence-corrected chi connectivity index (χ3v) is 2.41. The van der Waals surface area contributed by atoms with Crippen molar-refractivity contribution in [1.29, 1.82) is 0 Å². The van der Waals surface area contributed by atoms with Gasteiger partial charge in [0, 0.05) is 17.3 Å². The Morgan fingerprint density at radius 3 is 2.50 bits per heavy atom. The van der Waals surface area contributed by atoms with Gasteiger partial charge in [-0.05, 0) is 18.2 Å². The van der Waals surface area contributed by atoms with Gasteiger partial charge in [0.1, 0.15) is 0 Å². The third-order valence-electron chi connectivity index (χ3n) is 2.41. The maximum Gasteiger partial charge on any atom is 0.417 e. The van der Waals surface area contributed by atoms with E-state index in [4.69, 9.17) is 5.73 Å². The first-order valence-corrected chi connectivity index (χ1v) is 4.91. The van der Waals surface area contributed by atoms with E-state index in [1.54, 1.807) is 0 Å². The molecule has 0 atom stereocenters. The molecule has 1 amide bonds. The minimum absolute atomic E-state index is 0.0942. The van der Waals surface area contributed by atoms with Crippen molar-refractivity contribution < 1.29 is 18.0 Å². The molecule has 18 heavy (non-hydrogen) atoms. The summed E-state index contributed by atoms with van der Waals surface area (Å²) in [4.78, 5) is 11.2. The van der Waals surface area contributed by atoms with Crippen LogP contribution in [0.3, 0.4) is 0 Å². The van der Waals surface area contributed by atoms with Crippen LogP contribution in [0.1, 0.15) is 15.9 Å². The van der Waals surface area contributed by atoms with E-state index >= 15 is 0 Å². The van der Waals surface area contributed by atoms with E-state index in [0.29, 0.717) is 0 Å². The Hall–Kier alpha value is -2.31. The standard InChI is InChI=1S/C11H8F3N3O/c12-11(13,14)7-3-1-2-6(10(15)18)9(7)8-4-5-16-17-8/h1-5H,(H2,15,18)(H,16,17). The number of primary amides is 1. The lowest BCUT2D eigenvalue weighted by molar-refractivity contribution is -0.137. The zero-order chi connectivity index (χ0) is 13.3. The van der Waals surface area contributed by atoms with E-state index in [-0.39, 0.29) is 16.8 Å². The Bertz CT molecular complexity index is 576. The maximum atomic E-state index is 12.9. The summed E-state index contributed by atoms with van der Waals surface area (Å²) < 4.78 is 38.7. The van der Waals surface area contributed by atoms with Crippen LogP contribution in [0.4, 0.5) is 13.2 Å². The van der Waals surface area contributed by atoms with Gasteiger partial charge in [0.2, 0.25) is 5.91 Å². The van der Waals surface area contributed by atoms with Crippen LogP contribution < -0.4 is 5.73 Å². The summed E-state index contributed by atoms with van der Waals surface area (Å²) in [5.74, 6) is -0.925. The normalized spacial score (nSPS) is 11.5. The highest BCUT2D eigenvalue weighted by molar-refractivity contribution is 6.00. The molecule has 0 aliphatic rings. The van der Waals surface area contributed by atoms with Crippen LogP contribution in [0.5, 0.6) is 0 Å². The highest BCUT2D eigenvalue weighted by atomic mass is 19.4. The van der Waals surface area contributed by atoms with Gasteiger partial charge in [-0.15, -0.1) is 0 Å². The lowest BCUT2D eigenvalue weighted by Gasteiger charge is -2.14. The maximum absolute atomic E-state index is 12.9. The molecule has 0 fully saturated rings. The third kappa shape index (κ3) is 2.06. The van der Waals surface area contributed by atoms with Crippen LogP contribution in [-0.2, 0) is 6.18 Å². The van der Waals surface area contributed by atoms with Crippen LogP contribution in [-0.4, -0.2) is 16.1 Å². The van der Waals surface area contributed by atoms with E-state index in [1.165, 1.54) is 18.3 Å². The average Bonchev–Trinajstić information content (AvgIpc) is 2.79. The number of carbonyl (C=O) groups excluding carboxylic acids is 1. The fourth-order valence-corrected chi connectivity index (χ4v) is 1.68. The molecule has 0 aliphatic carbocycles. The van der Waals surface area contributed by atoms with Gasteiger partial charge in [-0.2, -0.15) is 18.3 Å². The fourth-order valence-electron chi connectivity index (χ4n) is 1.68. The van der Waals surface area contributed by atoms with Crippen LogP contribution in [0.25, 0.3) is 11.3 Å². The molecule has 0 radical (unpaired) electrons. The number of halogens is 3. The molecule has 0 spiro atoms. The largest absolute Gasteiger partial charge is 0.417 e. The Morgan fingerprint density at radius 2 is 2.00 bits per heavy atom. The van der Waals surface area contributed by atoms with E-state index in [1.807, 2.05) is 0 Å². The lowest BCUT2D eigenvalue weighted by atomic mass is 9.97. The van der Waals surface area contributed by atoms with Crippen molar-refractivity contribution in [3.05, 3.63) is 41.6 Å². The lowest BCUT2D eigenvalue weighted by Crippen LogP contribution is -2.16. The van der Waals surface area contributed by atoms with Crippen molar-refractivity contribution >= 4 is 5.91 Å². The Morgan fingerprint density at radius 1 is 1.28 bits per heavy atom. The van der Waals surface area contributed by atoms with Gasteiger partial charge >= 0.3 is 6.18 Å². The minimum atomic E-state index is -4.58. The summed E-state index contributed by atoms with van der Waals surface area (Å²) in [5, 5.41) is 5.98. The molecule has 0 bridgehead atoms. The number of carbonyl (C=O) groups is 1. The number of nitrogens with one attached hydrogen (secondary N) is 1. The number of nitrogens with zero attached hydrogens (tertiary/aromatic N) is 1.